The second-order valence-corrected chi connectivity index (χ2v) is 17.6. The van der Waals surface area contributed by atoms with Crippen molar-refractivity contribution in [1.29, 1.82) is 5.26 Å². The fourth-order valence-corrected chi connectivity index (χ4v) is 10.3. The molecule has 1 aromatic heterocycles. The van der Waals surface area contributed by atoms with Gasteiger partial charge >= 0.3 is 0 Å². The highest BCUT2D eigenvalue weighted by molar-refractivity contribution is 6.20. The predicted molar refractivity (Wildman–Crippen MR) is 231 cm³/mol. The van der Waals surface area contributed by atoms with Gasteiger partial charge in [-0.05, 0) is 91.3 Å². The zero-order chi connectivity index (χ0) is 42.6. The average molecular weight is 818 g/mol. The lowest BCUT2D eigenvalue weighted by molar-refractivity contribution is -0.137. The molecule has 4 amide bonds. The number of ketones is 1. The molecule has 4 aromatic rings. The standard InChI is InChI=1S/C49H51N7O5/c1-4-32-26-37-38(49(2,3)46-44(45(37)59)36-13-11-31(28-50)25-39(36)51-46)27-41(32)54-18-16-34(17-19-54)53-20-22-55(23-21-53)43(58)9-7-5-6-8-30-10-12-35-33(24-30)29-56(48(35)61)40-14-15-42(57)52-47(40)60/h10-13,24-27,34,40,51H,4-5,7,9,14-23,29H2,1-3H3,(H,52,57,60). The molecule has 0 bridgehead atoms. The van der Waals surface area contributed by atoms with Crippen molar-refractivity contribution >= 4 is 46.0 Å². The Morgan fingerprint density at radius 1 is 0.902 bits per heavy atom. The molecule has 12 heteroatoms. The van der Waals surface area contributed by atoms with Crippen LogP contribution in [0.1, 0.15) is 126 Å². The van der Waals surface area contributed by atoms with Gasteiger partial charge in [0.15, 0.2) is 5.78 Å². The average Bonchev–Trinajstić information content (AvgIpc) is 3.82. The summed E-state index contributed by atoms with van der Waals surface area (Å²) in [5.41, 5.74) is 9.00. The number of carbonyl (C=O) groups is 5. The molecule has 1 atom stereocenters. The highest BCUT2D eigenvalue weighted by Crippen LogP contribution is 2.46. The molecule has 0 spiro atoms. The number of H-pyrrole nitrogens is 1. The fourth-order valence-electron chi connectivity index (χ4n) is 10.3. The normalized spacial score (nSPS) is 20.2. The van der Waals surface area contributed by atoms with E-state index in [1.807, 2.05) is 29.2 Å². The molecule has 3 saturated heterocycles. The summed E-state index contributed by atoms with van der Waals surface area (Å²) < 4.78 is 0. The number of nitriles is 1. The Morgan fingerprint density at radius 2 is 1.67 bits per heavy atom. The van der Waals surface area contributed by atoms with Crippen molar-refractivity contribution in [2.75, 3.05) is 44.2 Å². The molecular weight excluding hydrogens is 767 g/mol. The van der Waals surface area contributed by atoms with E-state index in [0.29, 0.717) is 49.4 Å². The van der Waals surface area contributed by atoms with Gasteiger partial charge in [0.25, 0.3) is 5.91 Å². The summed E-state index contributed by atoms with van der Waals surface area (Å²) in [6.45, 7) is 11.9. The lowest BCUT2D eigenvalue weighted by atomic mass is 9.70. The number of hydrogen-bond acceptors (Lipinski definition) is 8. The molecule has 12 nitrogen and oxygen atoms in total. The highest BCUT2D eigenvalue weighted by atomic mass is 16.2. The number of piperidine rings is 2. The third-order valence-electron chi connectivity index (χ3n) is 13.7. The maximum Gasteiger partial charge on any atom is 0.255 e. The number of unbranched alkanes of at least 4 members (excludes halogenated alkanes) is 1. The van der Waals surface area contributed by atoms with Gasteiger partial charge in [0.1, 0.15) is 6.04 Å². The van der Waals surface area contributed by atoms with Crippen molar-refractivity contribution in [3.8, 4) is 17.9 Å². The summed E-state index contributed by atoms with van der Waals surface area (Å²) in [6.07, 6.45) is 5.19. The number of imide groups is 1. The van der Waals surface area contributed by atoms with Crippen LogP contribution in [-0.4, -0.2) is 100 Å². The Hall–Kier alpha value is -6.24. The first-order chi connectivity index (χ1) is 29.4. The van der Waals surface area contributed by atoms with Gasteiger partial charge in [-0.25, -0.2) is 0 Å². The summed E-state index contributed by atoms with van der Waals surface area (Å²) in [7, 11) is 0. The summed E-state index contributed by atoms with van der Waals surface area (Å²) in [4.78, 5) is 76.4. The van der Waals surface area contributed by atoms with Gasteiger partial charge in [0.05, 0.1) is 17.2 Å². The van der Waals surface area contributed by atoms with Crippen molar-refractivity contribution in [1.82, 2.24) is 25.0 Å². The van der Waals surface area contributed by atoms with Crippen LogP contribution in [0.15, 0.2) is 48.5 Å². The first-order valence-electron chi connectivity index (χ1n) is 21.8. The Morgan fingerprint density at radius 3 is 2.41 bits per heavy atom. The molecule has 61 heavy (non-hydrogen) atoms. The predicted octanol–water partition coefficient (Wildman–Crippen LogP) is 5.57. The maximum atomic E-state index is 14.1. The Bertz CT molecular complexity index is 2610. The Labute approximate surface area is 356 Å². The minimum absolute atomic E-state index is 0.0432. The van der Waals surface area contributed by atoms with Crippen LogP contribution in [-0.2, 0) is 32.8 Å². The minimum atomic E-state index is -0.643. The van der Waals surface area contributed by atoms with Gasteiger partial charge in [-0.1, -0.05) is 38.7 Å². The second-order valence-electron chi connectivity index (χ2n) is 17.6. The molecule has 5 heterocycles. The number of anilines is 1. The van der Waals surface area contributed by atoms with Gasteiger partial charge in [-0.2, -0.15) is 5.26 Å². The molecule has 0 radical (unpaired) electrons. The Balaban J connectivity index is 0.753. The van der Waals surface area contributed by atoms with Crippen LogP contribution in [0.4, 0.5) is 5.69 Å². The van der Waals surface area contributed by atoms with E-state index >= 15 is 0 Å². The van der Waals surface area contributed by atoms with Crippen LogP contribution in [0.2, 0.25) is 0 Å². The monoisotopic (exact) mass is 817 g/mol. The quantitative estimate of drug-likeness (QED) is 0.140. The van der Waals surface area contributed by atoms with Gasteiger partial charge in [0, 0.05) is 116 Å². The molecule has 5 aliphatic rings. The summed E-state index contributed by atoms with van der Waals surface area (Å²) in [6, 6.07) is 17.4. The van der Waals surface area contributed by atoms with E-state index in [0.717, 1.165) is 103 Å². The molecule has 9 rings (SSSR count). The van der Waals surface area contributed by atoms with Gasteiger partial charge in [-0.15, -0.1) is 0 Å². The third kappa shape index (κ3) is 7.27. The number of benzene rings is 3. The van der Waals surface area contributed by atoms with Crippen LogP contribution in [0.3, 0.4) is 0 Å². The minimum Gasteiger partial charge on any atom is -0.371 e. The smallest absolute Gasteiger partial charge is 0.255 e. The van der Waals surface area contributed by atoms with Crippen molar-refractivity contribution in [2.45, 2.75) is 96.2 Å². The zero-order valence-corrected chi connectivity index (χ0v) is 35.2. The summed E-state index contributed by atoms with van der Waals surface area (Å²) >= 11 is 0. The maximum absolute atomic E-state index is 14.1. The Kier molecular flexibility index (Phi) is 10.5. The number of nitrogens with zero attached hydrogens (tertiary/aromatic N) is 5. The van der Waals surface area contributed by atoms with Crippen molar-refractivity contribution in [2.24, 2.45) is 0 Å². The SMILES string of the molecule is CCc1cc2c(cc1N1CCC(N3CCN(C(=O)CCCC#Cc4ccc5c(c4)CN(C4CCC(=O)NC4=O)C5=O)CC3)CC1)C(C)(C)c1[nH]c3cc(C#N)ccc3c1C2=O. The molecule has 1 aliphatic carbocycles. The largest absolute Gasteiger partial charge is 0.371 e. The first-order valence-corrected chi connectivity index (χ1v) is 21.8. The van der Waals surface area contributed by atoms with E-state index in [1.54, 1.807) is 12.1 Å². The molecule has 2 N–H and O–H groups in total. The molecule has 312 valence electrons. The van der Waals surface area contributed by atoms with Gasteiger partial charge in [-0.3, -0.25) is 34.2 Å². The van der Waals surface area contributed by atoms with Crippen molar-refractivity contribution in [3.63, 3.8) is 0 Å². The molecular formula is C49H51N7O5. The summed E-state index contributed by atoms with van der Waals surface area (Å²) in [5, 5.41) is 12.7. The van der Waals surface area contributed by atoms with E-state index in [9.17, 15) is 29.2 Å². The topological polar surface area (TPSA) is 150 Å². The van der Waals surface area contributed by atoms with Crippen LogP contribution >= 0.6 is 0 Å². The number of carbonyl (C=O) groups excluding carboxylic acids is 5. The van der Waals surface area contributed by atoms with Crippen LogP contribution in [0.5, 0.6) is 0 Å². The van der Waals surface area contributed by atoms with E-state index in [1.165, 1.54) is 16.2 Å². The van der Waals surface area contributed by atoms with Crippen LogP contribution < -0.4 is 10.2 Å². The number of rotatable bonds is 7. The fraction of sp³-hybridized carbons (Fsp3) is 0.429. The number of hydrogen-bond donors (Lipinski definition) is 2. The van der Waals surface area contributed by atoms with Crippen LogP contribution in [0.25, 0.3) is 10.9 Å². The summed E-state index contributed by atoms with van der Waals surface area (Å²) in [5.74, 6) is 5.67. The third-order valence-corrected chi connectivity index (χ3v) is 13.7. The number of amides is 4. The number of piperazine rings is 1. The number of aromatic nitrogens is 1. The molecule has 3 fully saturated rings. The highest BCUT2D eigenvalue weighted by Gasteiger charge is 2.42. The van der Waals surface area contributed by atoms with Gasteiger partial charge in [0.2, 0.25) is 17.7 Å². The van der Waals surface area contributed by atoms with Crippen molar-refractivity contribution in [3.05, 3.63) is 98.7 Å². The lowest BCUT2D eigenvalue weighted by Crippen LogP contribution is -2.54. The second kappa shape index (κ2) is 16.0. The van der Waals surface area contributed by atoms with Gasteiger partial charge < -0.3 is 19.7 Å². The lowest BCUT2D eigenvalue weighted by Gasteiger charge is -2.44. The number of fused-ring (bicyclic) bond motifs is 5. The van der Waals surface area contributed by atoms with E-state index < -0.39 is 17.4 Å². The molecule has 0 saturated carbocycles. The van der Waals surface area contributed by atoms with E-state index in [2.05, 4.69) is 70.9 Å². The molecule has 4 aliphatic heterocycles. The first kappa shape index (κ1) is 40.2. The molecule has 3 aromatic carbocycles. The van der Waals surface area contributed by atoms with Crippen LogP contribution in [0, 0.1) is 23.2 Å². The number of nitrogens with one attached hydrogen (secondary N) is 2. The number of aryl methyl sites for hydroxylation is 1. The van der Waals surface area contributed by atoms with E-state index in [-0.39, 0.29) is 29.9 Å². The van der Waals surface area contributed by atoms with Crippen molar-refractivity contribution < 1.29 is 24.0 Å². The number of aromatic amines is 1. The molecule has 1 unspecified atom stereocenters. The zero-order valence-electron chi connectivity index (χ0n) is 35.2. The van der Waals surface area contributed by atoms with E-state index in [4.69, 9.17) is 0 Å².